The van der Waals surface area contributed by atoms with Crippen molar-refractivity contribution >= 4 is 0 Å². The lowest BCUT2D eigenvalue weighted by molar-refractivity contribution is 0.287. The van der Waals surface area contributed by atoms with Gasteiger partial charge in [0.15, 0.2) is 0 Å². The predicted octanol–water partition coefficient (Wildman–Crippen LogP) is 0.406. The Morgan fingerprint density at radius 1 is 1.08 bits per heavy atom. The first-order valence-electron chi connectivity index (χ1n) is 4.72. The molecule has 3 nitrogen and oxygen atoms in total. The topological polar surface area (TPSA) is 27.3 Å². The fourth-order valence-electron chi connectivity index (χ4n) is 1.55. The molecule has 0 aromatic heterocycles. The maximum Gasteiger partial charge on any atom is 0.105 e. The van der Waals surface area contributed by atoms with Crippen LogP contribution in [0.25, 0.3) is 0 Å². The lowest BCUT2D eigenvalue weighted by atomic mass is 10.3. The van der Waals surface area contributed by atoms with Crippen molar-refractivity contribution < 1.29 is 0 Å². The van der Waals surface area contributed by atoms with E-state index in [1.807, 2.05) is 18.4 Å². The summed E-state index contributed by atoms with van der Waals surface area (Å²) in [5.74, 6) is 1.20. The Morgan fingerprint density at radius 3 is 2.77 bits per heavy atom. The Bertz CT molecular complexity index is 247. The van der Waals surface area contributed by atoms with Gasteiger partial charge in [-0.15, -0.1) is 0 Å². The summed E-state index contributed by atoms with van der Waals surface area (Å²) in [5.41, 5.74) is 0. The number of allylic oxidation sites excluding steroid dienone is 4. The lowest BCUT2D eigenvalue weighted by Gasteiger charge is -2.31. The number of nitrogens with zero attached hydrogens (tertiary/aromatic N) is 1. The van der Waals surface area contributed by atoms with E-state index in [0.717, 1.165) is 26.2 Å². The highest BCUT2D eigenvalue weighted by atomic mass is 15.3. The van der Waals surface area contributed by atoms with Gasteiger partial charge in [-0.2, -0.15) is 0 Å². The molecule has 1 fully saturated rings. The Labute approximate surface area is 78.8 Å². The molecule has 0 aliphatic carbocycles. The van der Waals surface area contributed by atoms with Gasteiger partial charge in [0.1, 0.15) is 5.82 Å². The number of hydrogen-bond donors (Lipinski definition) is 2. The molecule has 2 aliphatic rings. The summed E-state index contributed by atoms with van der Waals surface area (Å²) in [6.45, 7) is 4.32. The number of rotatable bonds is 1. The second-order valence-corrected chi connectivity index (χ2v) is 3.18. The fraction of sp³-hybridized carbons (Fsp3) is 0.400. The molecular formula is C10H15N3. The SMILES string of the molecule is C1=CC=C(N2CCNCC2)NC=C1. The fourth-order valence-corrected chi connectivity index (χ4v) is 1.55. The van der Waals surface area contributed by atoms with E-state index in [-0.39, 0.29) is 0 Å². The molecule has 0 aromatic carbocycles. The van der Waals surface area contributed by atoms with Crippen LogP contribution in [0.15, 0.2) is 36.3 Å². The third-order valence-corrected chi connectivity index (χ3v) is 2.26. The average molecular weight is 177 g/mol. The van der Waals surface area contributed by atoms with Crippen LogP contribution < -0.4 is 10.6 Å². The van der Waals surface area contributed by atoms with Crippen molar-refractivity contribution in [3.63, 3.8) is 0 Å². The van der Waals surface area contributed by atoms with Crippen LogP contribution in [0.4, 0.5) is 0 Å². The van der Waals surface area contributed by atoms with Gasteiger partial charge >= 0.3 is 0 Å². The molecule has 0 saturated carbocycles. The van der Waals surface area contributed by atoms with Crippen LogP contribution in [0.5, 0.6) is 0 Å². The highest BCUT2D eigenvalue weighted by Crippen LogP contribution is 2.04. The van der Waals surface area contributed by atoms with Crippen molar-refractivity contribution in [2.24, 2.45) is 0 Å². The Hall–Kier alpha value is -1.22. The maximum atomic E-state index is 3.34. The molecule has 2 heterocycles. The van der Waals surface area contributed by atoms with Crippen LogP contribution in [0, 0.1) is 0 Å². The van der Waals surface area contributed by atoms with Crippen molar-refractivity contribution in [3.8, 4) is 0 Å². The van der Waals surface area contributed by atoms with Gasteiger partial charge in [0.25, 0.3) is 0 Å². The van der Waals surface area contributed by atoms with Crippen molar-refractivity contribution in [1.82, 2.24) is 15.5 Å². The first-order chi connectivity index (χ1) is 6.47. The molecule has 70 valence electrons. The third kappa shape index (κ3) is 2.12. The van der Waals surface area contributed by atoms with Gasteiger partial charge in [0.2, 0.25) is 0 Å². The summed E-state index contributed by atoms with van der Waals surface area (Å²) < 4.78 is 0. The van der Waals surface area contributed by atoms with E-state index < -0.39 is 0 Å². The normalized spacial score (nSPS) is 22.2. The van der Waals surface area contributed by atoms with Gasteiger partial charge in [-0.1, -0.05) is 12.2 Å². The van der Waals surface area contributed by atoms with Crippen LogP contribution >= 0.6 is 0 Å². The van der Waals surface area contributed by atoms with Crippen LogP contribution in [-0.2, 0) is 0 Å². The van der Waals surface area contributed by atoms with Crippen molar-refractivity contribution in [3.05, 3.63) is 36.3 Å². The molecule has 0 unspecified atom stereocenters. The Balaban J connectivity index is 2.01. The zero-order chi connectivity index (χ0) is 8.93. The van der Waals surface area contributed by atoms with E-state index in [1.165, 1.54) is 5.82 Å². The van der Waals surface area contributed by atoms with Crippen molar-refractivity contribution in [2.45, 2.75) is 0 Å². The molecule has 1 saturated heterocycles. The average Bonchev–Trinajstić information content (AvgIpc) is 2.47. The summed E-state index contributed by atoms with van der Waals surface area (Å²) in [5, 5.41) is 6.60. The number of hydrogen-bond acceptors (Lipinski definition) is 3. The van der Waals surface area contributed by atoms with Gasteiger partial charge in [-0.05, 0) is 12.2 Å². The molecule has 2 N–H and O–H groups in total. The standard InChI is InChI=1S/C10H15N3/c1-2-4-10(12-5-3-1)13-8-6-11-7-9-13/h1-5,11-12H,6-9H2. The minimum absolute atomic E-state index is 1.08. The summed E-state index contributed by atoms with van der Waals surface area (Å²) in [6, 6.07) is 0. The molecule has 0 radical (unpaired) electrons. The van der Waals surface area contributed by atoms with Gasteiger partial charge < -0.3 is 15.5 Å². The monoisotopic (exact) mass is 177 g/mol. The van der Waals surface area contributed by atoms with E-state index >= 15 is 0 Å². The van der Waals surface area contributed by atoms with E-state index in [0.29, 0.717) is 0 Å². The first kappa shape index (κ1) is 8.38. The molecule has 0 atom stereocenters. The predicted molar refractivity (Wildman–Crippen MR) is 53.9 cm³/mol. The summed E-state index contributed by atoms with van der Waals surface area (Å²) in [6.07, 6.45) is 10.2. The lowest BCUT2D eigenvalue weighted by Crippen LogP contribution is -2.44. The zero-order valence-electron chi connectivity index (χ0n) is 7.66. The largest absolute Gasteiger partial charge is 0.356 e. The second kappa shape index (κ2) is 4.14. The minimum Gasteiger partial charge on any atom is -0.356 e. The quantitative estimate of drug-likeness (QED) is 0.607. The molecule has 2 rings (SSSR count). The van der Waals surface area contributed by atoms with Crippen LogP contribution in [0.3, 0.4) is 0 Å². The van der Waals surface area contributed by atoms with E-state index in [2.05, 4.69) is 27.7 Å². The molecule has 2 aliphatic heterocycles. The smallest absolute Gasteiger partial charge is 0.105 e. The molecular weight excluding hydrogens is 162 g/mol. The van der Waals surface area contributed by atoms with Crippen molar-refractivity contribution in [1.29, 1.82) is 0 Å². The summed E-state index contributed by atoms with van der Waals surface area (Å²) in [4.78, 5) is 2.36. The molecule has 0 spiro atoms. The third-order valence-electron chi connectivity index (χ3n) is 2.26. The van der Waals surface area contributed by atoms with Crippen molar-refractivity contribution in [2.75, 3.05) is 26.2 Å². The van der Waals surface area contributed by atoms with Gasteiger partial charge in [0, 0.05) is 32.4 Å². The van der Waals surface area contributed by atoms with E-state index in [1.54, 1.807) is 0 Å². The van der Waals surface area contributed by atoms with E-state index in [9.17, 15) is 0 Å². The molecule has 0 bridgehead atoms. The molecule has 13 heavy (non-hydrogen) atoms. The Kier molecular flexibility index (Phi) is 2.67. The summed E-state index contributed by atoms with van der Waals surface area (Å²) >= 11 is 0. The minimum atomic E-state index is 1.08. The molecule has 0 aromatic rings. The van der Waals surface area contributed by atoms with Gasteiger partial charge in [0.05, 0.1) is 0 Å². The van der Waals surface area contributed by atoms with Gasteiger partial charge in [-0.3, -0.25) is 0 Å². The molecule has 3 heteroatoms. The van der Waals surface area contributed by atoms with Crippen LogP contribution in [-0.4, -0.2) is 31.1 Å². The van der Waals surface area contributed by atoms with Gasteiger partial charge in [-0.25, -0.2) is 0 Å². The first-order valence-corrected chi connectivity index (χ1v) is 4.72. The number of nitrogens with one attached hydrogen (secondary N) is 2. The maximum absolute atomic E-state index is 3.34. The summed E-state index contributed by atoms with van der Waals surface area (Å²) in [7, 11) is 0. The highest BCUT2D eigenvalue weighted by Gasteiger charge is 2.11. The second-order valence-electron chi connectivity index (χ2n) is 3.18. The van der Waals surface area contributed by atoms with Crippen LogP contribution in [0.2, 0.25) is 0 Å². The number of piperazine rings is 1. The zero-order valence-corrected chi connectivity index (χ0v) is 7.66. The highest BCUT2D eigenvalue weighted by molar-refractivity contribution is 5.20. The Morgan fingerprint density at radius 2 is 1.92 bits per heavy atom. The molecule has 0 amide bonds. The van der Waals surface area contributed by atoms with E-state index in [4.69, 9.17) is 0 Å². The van der Waals surface area contributed by atoms with Crippen LogP contribution in [0.1, 0.15) is 0 Å².